The van der Waals surface area contributed by atoms with Crippen molar-refractivity contribution < 1.29 is 22.7 Å². The number of carbonyl (C=O) groups is 1. The number of alkyl halides is 3. The molecule has 1 N–H and O–H groups in total. The van der Waals surface area contributed by atoms with Crippen LogP contribution in [0.4, 0.5) is 13.2 Å². The van der Waals surface area contributed by atoms with Crippen molar-refractivity contribution in [3.05, 3.63) is 34.9 Å². The van der Waals surface area contributed by atoms with Crippen LogP contribution in [0.3, 0.4) is 0 Å². The molecule has 1 heterocycles. The molecule has 192 valence electrons. The zero-order valence-corrected chi connectivity index (χ0v) is 21.2. The summed E-state index contributed by atoms with van der Waals surface area (Å²) in [6.07, 6.45) is 1.19. The number of carbonyl (C=O) groups excluding carboxylic acids is 1. The van der Waals surface area contributed by atoms with Gasteiger partial charge in [-0.05, 0) is 62.9 Å². The molecule has 2 aliphatic rings. The summed E-state index contributed by atoms with van der Waals surface area (Å²) in [5, 5.41) is 11.7. The third-order valence-corrected chi connectivity index (χ3v) is 6.03. The largest absolute Gasteiger partial charge is 0.416 e. The SMILES string of the molecule is CC.CCC.CN(C1CCOCC1)[C@@H]1CC[C@H](C(=O)NCc2cc(C#N)cc(C(F)(F)F)c2)C1. The number of benzene rings is 1. The Morgan fingerprint density at radius 2 is 1.74 bits per heavy atom. The summed E-state index contributed by atoms with van der Waals surface area (Å²) in [6.45, 7) is 9.77. The first-order chi connectivity index (χ1) is 16.2. The lowest BCUT2D eigenvalue weighted by Gasteiger charge is -2.35. The molecule has 0 unspecified atom stereocenters. The number of ether oxygens (including phenoxy) is 1. The Morgan fingerprint density at radius 1 is 1.12 bits per heavy atom. The molecular weight excluding hydrogens is 443 g/mol. The molecule has 1 aromatic carbocycles. The van der Waals surface area contributed by atoms with Crippen LogP contribution < -0.4 is 5.32 Å². The second-order valence-corrected chi connectivity index (χ2v) is 8.63. The van der Waals surface area contributed by atoms with Gasteiger partial charge in [-0.2, -0.15) is 18.4 Å². The smallest absolute Gasteiger partial charge is 0.381 e. The van der Waals surface area contributed by atoms with Gasteiger partial charge < -0.3 is 15.0 Å². The first-order valence-electron chi connectivity index (χ1n) is 12.4. The number of nitrogens with zero attached hydrogens (tertiary/aromatic N) is 2. The first kappa shape index (κ1) is 29.9. The molecule has 0 spiro atoms. The topological polar surface area (TPSA) is 65.4 Å². The third kappa shape index (κ3) is 9.27. The van der Waals surface area contributed by atoms with Crippen LogP contribution in [0.2, 0.25) is 0 Å². The first-order valence-corrected chi connectivity index (χ1v) is 12.4. The van der Waals surface area contributed by atoms with Crippen LogP contribution in [0.1, 0.15) is 82.9 Å². The number of nitriles is 1. The molecule has 2 fully saturated rings. The van der Waals surface area contributed by atoms with E-state index < -0.39 is 11.7 Å². The molecule has 1 aliphatic carbocycles. The lowest BCUT2D eigenvalue weighted by Crippen LogP contribution is -2.42. The molecule has 34 heavy (non-hydrogen) atoms. The van der Waals surface area contributed by atoms with Crippen molar-refractivity contribution in [2.24, 2.45) is 5.92 Å². The highest BCUT2D eigenvalue weighted by Gasteiger charge is 2.35. The molecule has 3 rings (SSSR count). The van der Waals surface area contributed by atoms with Crippen molar-refractivity contribution in [3.8, 4) is 6.07 Å². The van der Waals surface area contributed by atoms with E-state index in [1.807, 2.05) is 13.8 Å². The molecule has 0 aromatic heterocycles. The van der Waals surface area contributed by atoms with Crippen molar-refractivity contribution >= 4 is 5.91 Å². The fourth-order valence-corrected chi connectivity index (χ4v) is 4.31. The van der Waals surface area contributed by atoms with Gasteiger partial charge in [0.2, 0.25) is 5.91 Å². The Morgan fingerprint density at radius 3 is 2.29 bits per heavy atom. The standard InChI is InChI=1S/C21H26F3N3O2.C3H8.C2H6/c1-27(18-4-6-29-7-5-18)19-3-2-16(11-19)20(28)26-13-15-8-14(12-25)9-17(10-15)21(22,23)24;1-3-2;1-2/h8-10,16,18-19H,2-7,11,13H2,1H3,(H,26,28);3H2,1-2H3;1-2H3/t16-,19+;;/m0../s1. The second kappa shape index (κ2) is 15.0. The van der Waals surface area contributed by atoms with Crippen LogP contribution in [0.25, 0.3) is 0 Å². The van der Waals surface area contributed by atoms with E-state index in [1.165, 1.54) is 12.5 Å². The van der Waals surface area contributed by atoms with Gasteiger partial charge >= 0.3 is 6.18 Å². The highest BCUT2D eigenvalue weighted by molar-refractivity contribution is 5.79. The lowest BCUT2D eigenvalue weighted by atomic mass is 10.0. The van der Waals surface area contributed by atoms with E-state index in [0.29, 0.717) is 12.1 Å². The van der Waals surface area contributed by atoms with Crippen LogP contribution >= 0.6 is 0 Å². The van der Waals surface area contributed by atoms with Crippen molar-refractivity contribution in [1.82, 2.24) is 10.2 Å². The monoisotopic (exact) mass is 483 g/mol. The minimum Gasteiger partial charge on any atom is -0.381 e. The normalized spacial score (nSPS) is 20.5. The van der Waals surface area contributed by atoms with Gasteiger partial charge in [0, 0.05) is 37.8 Å². The average molecular weight is 484 g/mol. The zero-order valence-electron chi connectivity index (χ0n) is 21.2. The van der Waals surface area contributed by atoms with Gasteiger partial charge in [0.15, 0.2) is 0 Å². The second-order valence-electron chi connectivity index (χ2n) is 8.63. The lowest BCUT2D eigenvalue weighted by molar-refractivity contribution is -0.137. The van der Waals surface area contributed by atoms with Crippen molar-refractivity contribution in [2.45, 2.75) is 91.0 Å². The van der Waals surface area contributed by atoms with Gasteiger partial charge in [0.25, 0.3) is 0 Å². The van der Waals surface area contributed by atoms with Crippen molar-refractivity contribution in [2.75, 3.05) is 20.3 Å². The maximum atomic E-state index is 13.0. The zero-order chi connectivity index (χ0) is 25.7. The average Bonchev–Trinajstić information content (AvgIpc) is 3.34. The van der Waals surface area contributed by atoms with Gasteiger partial charge in [0.05, 0.1) is 17.2 Å². The van der Waals surface area contributed by atoms with Crippen LogP contribution in [-0.2, 0) is 22.3 Å². The summed E-state index contributed by atoms with van der Waals surface area (Å²) in [4.78, 5) is 14.9. The minimum atomic E-state index is -4.53. The minimum absolute atomic E-state index is 0.0194. The molecule has 1 aromatic rings. The maximum Gasteiger partial charge on any atom is 0.416 e. The molecule has 5 nitrogen and oxygen atoms in total. The Kier molecular flexibility index (Phi) is 13.2. The predicted molar refractivity (Wildman–Crippen MR) is 128 cm³/mol. The van der Waals surface area contributed by atoms with Gasteiger partial charge in [-0.25, -0.2) is 0 Å². The van der Waals surface area contributed by atoms with Gasteiger partial charge in [-0.1, -0.05) is 34.1 Å². The van der Waals surface area contributed by atoms with E-state index in [4.69, 9.17) is 10.00 Å². The highest BCUT2D eigenvalue weighted by atomic mass is 19.4. The number of hydrogen-bond acceptors (Lipinski definition) is 4. The molecule has 1 saturated carbocycles. The summed E-state index contributed by atoms with van der Waals surface area (Å²) < 4.78 is 44.4. The van der Waals surface area contributed by atoms with Gasteiger partial charge in [0.1, 0.15) is 0 Å². The molecule has 0 radical (unpaired) electrons. The molecule has 0 bridgehead atoms. The summed E-state index contributed by atoms with van der Waals surface area (Å²) in [7, 11) is 2.10. The van der Waals surface area contributed by atoms with E-state index in [2.05, 4.69) is 31.1 Å². The number of amides is 1. The Bertz CT molecular complexity index is 786. The Balaban J connectivity index is 0.00000107. The van der Waals surface area contributed by atoms with Crippen LogP contribution in [0.15, 0.2) is 18.2 Å². The Labute approximate surface area is 202 Å². The summed E-state index contributed by atoms with van der Waals surface area (Å²) in [6, 6.07) is 5.75. The fourth-order valence-electron chi connectivity index (χ4n) is 4.31. The quantitative estimate of drug-likeness (QED) is 0.565. The number of rotatable bonds is 5. The molecule has 1 saturated heterocycles. The molecular formula is C26H40F3N3O2. The number of halogens is 3. The van der Waals surface area contributed by atoms with Crippen molar-refractivity contribution in [3.63, 3.8) is 0 Å². The third-order valence-electron chi connectivity index (χ3n) is 6.03. The molecule has 2 atom stereocenters. The van der Waals surface area contributed by atoms with E-state index >= 15 is 0 Å². The number of nitrogens with one attached hydrogen (secondary N) is 1. The maximum absolute atomic E-state index is 13.0. The van der Waals surface area contributed by atoms with Gasteiger partial charge in [-0.3, -0.25) is 4.79 Å². The van der Waals surface area contributed by atoms with E-state index in [9.17, 15) is 18.0 Å². The summed E-state index contributed by atoms with van der Waals surface area (Å²) in [5.74, 6) is -0.271. The molecule has 1 amide bonds. The van der Waals surface area contributed by atoms with Gasteiger partial charge in [-0.15, -0.1) is 0 Å². The van der Waals surface area contributed by atoms with Crippen LogP contribution in [-0.4, -0.2) is 43.2 Å². The summed E-state index contributed by atoms with van der Waals surface area (Å²) in [5.41, 5.74) is -0.665. The fraction of sp³-hybridized carbons (Fsp3) is 0.692. The predicted octanol–water partition coefficient (Wildman–Crippen LogP) is 5.92. The van der Waals surface area contributed by atoms with E-state index in [-0.39, 0.29) is 29.5 Å². The van der Waals surface area contributed by atoms with Crippen LogP contribution in [0.5, 0.6) is 0 Å². The Hall–Kier alpha value is -2.11. The van der Waals surface area contributed by atoms with E-state index in [1.54, 1.807) is 6.07 Å². The molecule has 8 heteroatoms. The molecule has 1 aliphatic heterocycles. The highest BCUT2D eigenvalue weighted by Crippen LogP contribution is 2.32. The van der Waals surface area contributed by atoms with Crippen LogP contribution in [0, 0.1) is 17.2 Å². The number of hydrogen-bond donors (Lipinski definition) is 1. The van der Waals surface area contributed by atoms with Crippen molar-refractivity contribution in [1.29, 1.82) is 5.26 Å². The van der Waals surface area contributed by atoms with E-state index in [0.717, 1.165) is 57.5 Å². The summed E-state index contributed by atoms with van der Waals surface area (Å²) >= 11 is 0.